The van der Waals surface area contributed by atoms with E-state index in [1.807, 2.05) is 0 Å². The number of nitrogens with two attached hydrogens (primary N) is 1. The Bertz CT molecular complexity index is 518. The van der Waals surface area contributed by atoms with Crippen LogP contribution in [0.3, 0.4) is 0 Å². The summed E-state index contributed by atoms with van der Waals surface area (Å²) in [6.45, 7) is 1.83. The average Bonchev–Trinajstić information content (AvgIpc) is 2.59. The first-order chi connectivity index (χ1) is 8.49. The highest BCUT2D eigenvalue weighted by Gasteiger charge is 2.47. The number of halogens is 1. The molecule has 1 heterocycles. The van der Waals surface area contributed by atoms with E-state index >= 15 is 0 Å². The van der Waals surface area contributed by atoms with E-state index in [1.54, 1.807) is 13.0 Å². The van der Waals surface area contributed by atoms with Crippen LogP contribution in [-0.4, -0.2) is 18.5 Å². The predicted molar refractivity (Wildman–Crippen MR) is 63.2 cm³/mol. The van der Waals surface area contributed by atoms with Crippen molar-refractivity contribution in [3.63, 3.8) is 0 Å². The van der Waals surface area contributed by atoms with E-state index in [4.69, 9.17) is 5.73 Å². The number of rotatable bonds is 3. The highest BCUT2D eigenvalue weighted by atomic mass is 19.1. The van der Waals surface area contributed by atoms with Crippen molar-refractivity contribution in [2.75, 3.05) is 6.54 Å². The number of carbonyl (C=O) groups is 2. The van der Waals surface area contributed by atoms with Gasteiger partial charge in [0.25, 0.3) is 5.91 Å². The number of carbonyl (C=O) groups excluding carboxylic acids is 2. The first-order valence-corrected chi connectivity index (χ1v) is 5.60. The van der Waals surface area contributed by atoms with Gasteiger partial charge in [0.05, 0.1) is 0 Å². The molecule has 6 heteroatoms. The molecule has 96 valence electrons. The van der Waals surface area contributed by atoms with Crippen LogP contribution in [0.15, 0.2) is 18.2 Å². The molecule has 0 bridgehead atoms. The summed E-state index contributed by atoms with van der Waals surface area (Å²) >= 11 is 0. The molecule has 1 aromatic carbocycles. The third kappa shape index (κ3) is 1.84. The first kappa shape index (κ1) is 12.5. The topological polar surface area (TPSA) is 84.2 Å². The standard InChI is InChI=1S/C12H14FN3O2/c1-7-6-8(2-3-9(7)13)12(4-5-14)10(17)15-11(18)16-12/h2-3,6H,4-5,14H2,1H3,(H2,15,16,17,18). The van der Waals surface area contributed by atoms with Crippen molar-refractivity contribution in [3.05, 3.63) is 35.1 Å². The minimum atomic E-state index is -1.19. The number of hydrogen-bond acceptors (Lipinski definition) is 3. The van der Waals surface area contributed by atoms with E-state index in [0.29, 0.717) is 11.1 Å². The molecule has 1 saturated heterocycles. The van der Waals surface area contributed by atoms with Crippen LogP contribution in [0.2, 0.25) is 0 Å². The fourth-order valence-corrected chi connectivity index (χ4v) is 2.14. The Hall–Kier alpha value is -1.95. The fraction of sp³-hybridized carbons (Fsp3) is 0.333. The van der Waals surface area contributed by atoms with Crippen LogP contribution in [0.4, 0.5) is 9.18 Å². The maximum Gasteiger partial charge on any atom is 0.322 e. The van der Waals surface area contributed by atoms with Crippen molar-refractivity contribution in [1.82, 2.24) is 10.6 Å². The number of amides is 3. The summed E-state index contributed by atoms with van der Waals surface area (Å²) < 4.78 is 13.3. The smallest absolute Gasteiger partial charge is 0.322 e. The van der Waals surface area contributed by atoms with E-state index in [9.17, 15) is 14.0 Å². The van der Waals surface area contributed by atoms with Crippen LogP contribution in [-0.2, 0) is 10.3 Å². The molecule has 0 aromatic heterocycles. The third-order valence-electron chi connectivity index (χ3n) is 3.11. The van der Waals surface area contributed by atoms with E-state index in [2.05, 4.69) is 10.6 Å². The Balaban J connectivity index is 2.50. The Morgan fingerprint density at radius 2 is 2.11 bits per heavy atom. The summed E-state index contributed by atoms with van der Waals surface area (Å²) in [5, 5.41) is 4.77. The molecule has 0 spiro atoms. The number of hydrogen-bond donors (Lipinski definition) is 3. The molecule has 0 radical (unpaired) electrons. The first-order valence-electron chi connectivity index (χ1n) is 5.60. The zero-order valence-corrected chi connectivity index (χ0v) is 9.92. The second kappa shape index (κ2) is 4.38. The summed E-state index contributed by atoms with van der Waals surface area (Å²) in [4.78, 5) is 23.3. The maximum absolute atomic E-state index is 13.3. The van der Waals surface area contributed by atoms with E-state index < -0.39 is 17.5 Å². The zero-order chi connectivity index (χ0) is 13.3. The number of nitrogens with one attached hydrogen (secondary N) is 2. The lowest BCUT2D eigenvalue weighted by molar-refractivity contribution is -0.124. The molecular formula is C12H14FN3O2. The van der Waals surface area contributed by atoms with Gasteiger partial charge >= 0.3 is 6.03 Å². The van der Waals surface area contributed by atoms with Gasteiger partial charge in [-0.2, -0.15) is 0 Å². The number of urea groups is 1. The van der Waals surface area contributed by atoms with Gasteiger partial charge in [0.15, 0.2) is 0 Å². The average molecular weight is 251 g/mol. The molecule has 2 rings (SSSR count). The highest BCUT2D eigenvalue weighted by molar-refractivity contribution is 6.07. The van der Waals surface area contributed by atoms with Crippen molar-refractivity contribution in [2.45, 2.75) is 18.9 Å². The van der Waals surface area contributed by atoms with Gasteiger partial charge < -0.3 is 11.1 Å². The summed E-state index contributed by atoms with van der Waals surface area (Å²) in [5.74, 6) is -0.810. The molecular weight excluding hydrogens is 237 g/mol. The maximum atomic E-state index is 13.3. The zero-order valence-electron chi connectivity index (χ0n) is 9.92. The predicted octanol–water partition coefficient (Wildman–Crippen LogP) is 0.518. The number of aryl methyl sites for hydroxylation is 1. The fourth-order valence-electron chi connectivity index (χ4n) is 2.14. The van der Waals surface area contributed by atoms with Crippen molar-refractivity contribution < 1.29 is 14.0 Å². The van der Waals surface area contributed by atoms with E-state index in [1.165, 1.54) is 12.1 Å². The van der Waals surface area contributed by atoms with Gasteiger partial charge in [-0.05, 0) is 37.1 Å². The molecule has 3 amide bonds. The van der Waals surface area contributed by atoms with Gasteiger partial charge in [-0.1, -0.05) is 12.1 Å². The highest BCUT2D eigenvalue weighted by Crippen LogP contribution is 2.29. The minimum absolute atomic E-state index is 0.226. The van der Waals surface area contributed by atoms with Gasteiger partial charge in [0.2, 0.25) is 0 Å². The molecule has 0 aliphatic carbocycles. The molecule has 5 nitrogen and oxygen atoms in total. The van der Waals surface area contributed by atoms with Crippen LogP contribution in [0, 0.1) is 12.7 Å². The molecule has 18 heavy (non-hydrogen) atoms. The van der Waals surface area contributed by atoms with Gasteiger partial charge in [-0.25, -0.2) is 9.18 Å². The van der Waals surface area contributed by atoms with Gasteiger partial charge in [-0.15, -0.1) is 0 Å². The Kier molecular flexibility index (Phi) is 3.04. The van der Waals surface area contributed by atoms with Crippen molar-refractivity contribution in [1.29, 1.82) is 0 Å². The molecule has 4 N–H and O–H groups in total. The number of benzene rings is 1. The molecule has 1 fully saturated rings. The third-order valence-corrected chi connectivity index (χ3v) is 3.11. The van der Waals surface area contributed by atoms with Crippen molar-refractivity contribution in [2.24, 2.45) is 5.73 Å². The quantitative estimate of drug-likeness (QED) is 0.685. The summed E-state index contributed by atoms with van der Waals surface area (Å²) in [6, 6.07) is 3.76. The summed E-state index contributed by atoms with van der Waals surface area (Å²) in [5.41, 5.74) is 5.26. The Labute approximate surface area is 104 Å². The normalized spacial score (nSPS) is 22.8. The molecule has 1 atom stereocenters. The van der Waals surface area contributed by atoms with Crippen LogP contribution < -0.4 is 16.4 Å². The van der Waals surface area contributed by atoms with Gasteiger partial charge in [0, 0.05) is 0 Å². The molecule has 1 aliphatic rings. The lowest BCUT2D eigenvalue weighted by atomic mass is 9.86. The summed E-state index contributed by atoms with van der Waals surface area (Å²) in [7, 11) is 0. The Morgan fingerprint density at radius 1 is 1.39 bits per heavy atom. The van der Waals surface area contributed by atoms with Crippen LogP contribution in [0.1, 0.15) is 17.5 Å². The van der Waals surface area contributed by atoms with Gasteiger partial charge in [-0.3, -0.25) is 10.1 Å². The van der Waals surface area contributed by atoms with Gasteiger partial charge in [0.1, 0.15) is 11.4 Å². The molecule has 1 aromatic rings. The monoisotopic (exact) mass is 251 g/mol. The van der Waals surface area contributed by atoms with Crippen LogP contribution in [0.5, 0.6) is 0 Å². The lowest BCUT2D eigenvalue weighted by Gasteiger charge is -2.26. The van der Waals surface area contributed by atoms with Crippen LogP contribution >= 0.6 is 0 Å². The van der Waals surface area contributed by atoms with Crippen molar-refractivity contribution in [3.8, 4) is 0 Å². The minimum Gasteiger partial charge on any atom is -0.330 e. The molecule has 0 saturated carbocycles. The second-order valence-electron chi connectivity index (χ2n) is 4.32. The molecule has 1 unspecified atom stereocenters. The second-order valence-corrected chi connectivity index (χ2v) is 4.32. The van der Waals surface area contributed by atoms with E-state index in [-0.39, 0.29) is 18.8 Å². The van der Waals surface area contributed by atoms with Crippen LogP contribution in [0.25, 0.3) is 0 Å². The SMILES string of the molecule is Cc1cc(C2(CCN)NC(=O)NC2=O)ccc1F. The Morgan fingerprint density at radius 3 is 2.61 bits per heavy atom. The van der Waals surface area contributed by atoms with E-state index in [0.717, 1.165) is 0 Å². The summed E-state index contributed by atoms with van der Waals surface area (Å²) in [6.07, 6.45) is 0.260. The number of imide groups is 1. The van der Waals surface area contributed by atoms with Crippen molar-refractivity contribution >= 4 is 11.9 Å². The molecule has 1 aliphatic heterocycles. The largest absolute Gasteiger partial charge is 0.330 e. The lowest BCUT2D eigenvalue weighted by Crippen LogP contribution is -2.45.